The van der Waals surface area contributed by atoms with Gasteiger partial charge in [-0.05, 0) is 31.0 Å². The molecule has 7 nitrogen and oxygen atoms in total. The van der Waals surface area contributed by atoms with Crippen LogP contribution < -0.4 is 5.32 Å². The predicted molar refractivity (Wildman–Crippen MR) is 119 cm³/mol. The molecule has 0 bridgehead atoms. The van der Waals surface area contributed by atoms with Crippen LogP contribution in [-0.4, -0.2) is 35.0 Å². The molecule has 1 aliphatic rings. The fraction of sp³-hybridized carbons (Fsp3) is 0.273. The van der Waals surface area contributed by atoms with Crippen LogP contribution in [0.3, 0.4) is 0 Å². The number of aryl methyl sites for hydroxylation is 1. The largest absolute Gasteiger partial charge is 0.449 e. The number of ether oxygens (including phenoxy) is 1. The lowest BCUT2D eigenvalue weighted by molar-refractivity contribution is 0.0992. The normalized spacial score (nSPS) is 12.7. The summed E-state index contributed by atoms with van der Waals surface area (Å²) in [7, 11) is 0. The zero-order valence-electron chi connectivity index (χ0n) is 16.9. The predicted octanol–water partition coefficient (Wildman–Crippen LogP) is 4.37. The molecular formula is C22H20N4O3S2. The van der Waals surface area contributed by atoms with E-state index in [0.29, 0.717) is 48.7 Å². The van der Waals surface area contributed by atoms with E-state index in [1.807, 2.05) is 13.0 Å². The van der Waals surface area contributed by atoms with Gasteiger partial charge in [-0.25, -0.2) is 9.78 Å². The van der Waals surface area contributed by atoms with Gasteiger partial charge in [0.15, 0.2) is 0 Å². The molecule has 3 aromatic rings. The van der Waals surface area contributed by atoms with Gasteiger partial charge in [0.2, 0.25) is 0 Å². The fourth-order valence-electron chi connectivity index (χ4n) is 3.42. The molecule has 0 aliphatic carbocycles. The second-order valence-electron chi connectivity index (χ2n) is 7.04. The maximum absolute atomic E-state index is 12.5. The first-order chi connectivity index (χ1) is 15.1. The Morgan fingerprint density at radius 1 is 1.32 bits per heavy atom. The molecule has 0 saturated carbocycles. The van der Waals surface area contributed by atoms with Crippen LogP contribution in [0.15, 0.2) is 35.8 Å². The number of amides is 2. The topological polar surface area (TPSA) is 95.3 Å². The number of hydrogen-bond donors (Lipinski definition) is 1. The first kappa shape index (κ1) is 21.0. The van der Waals surface area contributed by atoms with Gasteiger partial charge in [-0.3, -0.25) is 4.79 Å². The lowest BCUT2D eigenvalue weighted by Crippen LogP contribution is -2.36. The number of carbonyl (C=O) groups is 2. The highest BCUT2D eigenvalue weighted by atomic mass is 32.1. The van der Waals surface area contributed by atoms with Gasteiger partial charge in [-0.1, -0.05) is 18.2 Å². The minimum atomic E-state index is -0.366. The van der Waals surface area contributed by atoms with Gasteiger partial charge in [0, 0.05) is 28.3 Å². The summed E-state index contributed by atoms with van der Waals surface area (Å²) in [5.74, 6) is -0.259. The third-order valence-electron chi connectivity index (χ3n) is 5.09. The summed E-state index contributed by atoms with van der Waals surface area (Å²) >= 11 is 2.90. The second kappa shape index (κ2) is 9.29. The smallest absolute Gasteiger partial charge is 0.410 e. The molecule has 158 valence electrons. The van der Waals surface area contributed by atoms with E-state index < -0.39 is 0 Å². The molecule has 31 heavy (non-hydrogen) atoms. The van der Waals surface area contributed by atoms with Crippen molar-refractivity contribution < 1.29 is 14.3 Å². The Bertz CT molecular complexity index is 1150. The summed E-state index contributed by atoms with van der Waals surface area (Å²) in [6.45, 7) is 3.09. The standard InChI is InChI=1S/C22H20N4O3S2/c1-14-18(30-13-24-14)8-10-29-22(28)26-9-7-16-17(11-23)21(31-19(16)12-26)25-20(27)15-5-3-2-4-6-15/h2-6,13H,7-10,12H2,1H3,(H,25,27). The van der Waals surface area contributed by atoms with E-state index in [0.717, 1.165) is 21.0 Å². The molecule has 0 saturated heterocycles. The van der Waals surface area contributed by atoms with Crippen LogP contribution in [0.1, 0.15) is 36.9 Å². The van der Waals surface area contributed by atoms with Crippen LogP contribution in [0.2, 0.25) is 0 Å². The van der Waals surface area contributed by atoms with E-state index in [2.05, 4.69) is 16.4 Å². The quantitative estimate of drug-likeness (QED) is 0.620. The molecule has 2 amide bonds. The van der Waals surface area contributed by atoms with E-state index in [-0.39, 0.29) is 12.0 Å². The molecule has 0 unspecified atom stereocenters. The van der Waals surface area contributed by atoms with Crippen LogP contribution in [0.5, 0.6) is 0 Å². The Kier molecular flexibility index (Phi) is 6.30. The van der Waals surface area contributed by atoms with Gasteiger partial charge in [-0.2, -0.15) is 5.26 Å². The van der Waals surface area contributed by atoms with Crippen LogP contribution >= 0.6 is 22.7 Å². The van der Waals surface area contributed by atoms with Crippen molar-refractivity contribution in [2.24, 2.45) is 0 Å². The molecule has 0 fully saturated rings. The molecule has 1 N–H and O–H groups in total. The molecule has 1 aliphatic heterocycles. The second-order valence-corrected chi connectivity index (χ2v) is 9.08. The molecule has 0 atom stereocenters. The van der Waals surface area contributed by atoms with E-state index in [9.17, 15) is 14.9 Å². The van der Waals surface area contributed by atoms with Crippen molar-refractivity contribution in [2.45, 2.75) is 26.3 Å². The summed E-state index contributed by atoms with van der Waals surface area (Å²) in [6.07, 6.45) is 0.836. The van der Waals surface area contributed by atoms with Crippen molar-refractivity contribution in [3.05, 3.63) is 68.0 Å². The van der Waals surface area contributed by atoms with Crippen LogP contribution in [0.25, 0.3) is 0 Å². The third-order valence-corrected chi connectivity index (χ3v) is 7.22. The zero-order valence-corrected chi connectivity index (χ0v) is 18.5. The number of carbonyl (C=O) groups excluding carboxylic acids is 2. The number of thiophene rings is 1. The Hall–Kier alpha value is -3.22. The number of rotatable bonds is 5. The molecule has 3 heterocycles. The Balaban J connectivity index is 1.40. The van der Waals surface area contributed by atoms with E-state index >= 15 is 0 Å². The van der Waals surface area contributed by atoms with Gasteiger partial charge in [0.25, 0.3) is 5.91 Å². The number of anilines is 1. The van der Waals surface area contributed by atoms with Crippen molar-refractivity contribution in [3.8, 4) is 6.07 Å². The number of thiazole rings is 1. The van der Waals surface area contributed by atoms with Crippen LogP contribution in [0.4, 0.5) is 9.80 Å². The number of fused-ring (bicyclic) bond motifs is 1. The van der Waals surface area contributed by atoms with Crippen molar-refractivity contribution >= 4 is 39.7 Å². The van der Waals surface area contributed by atoms with Crippen LogP contribution in [0, 0.1) is 18.3 Å². The third kappa shape index (κ3) is 4.60. The summed E-state index contributed by atoms with van der Waals surface area (Å²) in [6, 6.07) is 11.1. The highest BCUT2D eigenvalue weighted by molar-refractivity contribution is 7.16. The van der Waals surface area contributed by atoms with Gasteiger partial charge in [0.1, 0.15) is 11.1 Å². The molecule has 9 heteroatoms. The number of nitriles is 1. The Labute approximate surface area is 187 Å². The fourth-order valence-corrected chi connectivity index (χ4v) is 5.39. The van der Waals surface area contributed by atoms with Crippen LogP contribution in [-0.2, 0) is 24.1 Å². The lowest BCUT2D eigenvalue weighted by atomic mass is 10.0. The molecule has 2 aromatic heterocycles. The lowest BCUT2D eigenvalue weighted by Gasteiger charge is -2.26. The highest BCUT2D eigenvalue weighted by Gasteiger charge is 2.28. The maximum atomic E-state index is 12.5. The molecule has 1 aromatic carbocycles. The summed E-state index contributed by atoms with van der Waals surface area (Å²) in [4.78, 5) is 32.9. The van der Waals surface area contributed by atoms with Crippen molar-refractivity contribution in [1.82, 2.24) is 9.88 Å². The minimum absolute atomic E-state index is 0.259. The molecular weight excluding hydrogens is 432 g/mol. The number of benzene rings is 1. The monoisotopic (exact) mass is 452 g/mol. The Morgan fingerprint density at radius 3 is 2.84 bits per heavy atom. The average Bonchev–Trinajstić information content (AvgIpc) is 3.35. The minimum Gasteiger partial charge on any atom is -0.449 e. The SMILES string of the molecule is Cc1ncsc1CCOC(=O)N1CCc2c(sc(NC(=O)c3ccccc3)c2C#N)C1. The van der Waals surface area contributed by atoms with Crippen molar-refractivity contribution in [3.63, 3.8) is 0 Å². The van der Waals surface area contributed by atoms with Crippen molar-refractivity contribution in [2.75, 3.05) is 18.5 Å². The number of nitrogens with one attached hydrogen (secondary N) is 1. The van der Waals surface area contributed by atoms with E-state index in [4.69, 9.17) is 4.74 Å². The van der Waals surface area contributed by atoms with E-state index in [1.54, 1.807) is 46.0 Å². The van der Waals surface area contributed by atoms with Gasteiger partial charge in [-0.15, -0.1) is 22.7 Å². The Morgan fingerprint density at radius 2 is 2.13 bits per heavy atom. The average molecular weight is 453 g/mol. The summed E-state index contributed by atoms with van der Waals surface area (Å²) in [5.41, 5.74) is 4.67. The van der Waals surface area contributed by atoms with Crippen molar-refractivity contribution in [1.29, 1.82) is 5.26 Å². The van der Waals surface area contributed by atoms with Gasteiger partial charge >= 0.3 is 6.09 Å². The molecule has 4 rings (SSSR count). The first-order valence-electron chi connectivity index (χ1n) is 9.78. The van der Waals surface area contributed by atoms with Gasteiger partial charge < -0.3 is 15.0 Å². The van der Waals surface area contributed by atoms with E-state index in [1.165, 1.54) is 11.3 Å². The van der Waals surface area contributed by atoms with Gasteiger partial charge in [0.05, 0.1) is 29.9 Å². The number of nitrogens with zero attached hydrogens (tertiary/aromatic N) is 3. The molecule has 0 radical (unpaired) electrons. The highest BCUT2D eigenvalue weighted by Crippen LogP contribution is 2.37. The number of aromatic nitrogens is 1. The number of hydrogen-bond acceptors (Lipinski definition) is 7. The maximum Gasteiger partial charge on any atom is 0.410 e. The zero-order chi connectivity index (χ0) is 21.8. The summed E-state index contributed by atoms with van der Waals surface area (Å²) < 4.78 is 5.45. The summed E-state index contributed by atoms with van der Waals surface area (Å²) in [5, 5.41) is 13.0. The first-order valence-corrected chi connectivity index (χ1v) is 11.5. The molecule has 0 spiro atoms.